The van der Waals surface area contributed by atoms with Crippen LogP contribution in [0.15, 0.2) is 48.5 Å². The Labute approximate surface area is 175 Å². The average molecular weight is 418 g/mol. The topological polar surface area (TPSA) is 61.4 Å². The monoisotopic (exact) mass is 417 g/mol. The van der Waals surface area contributed by atoms with Gasteiger partial charge in [-0.1, -0.05) is 35.9 Å². The molecular weight excluding hydrogens is 393 g/mol. The van der Waals surface area contributed by atoms with Crippen molar-refractivity contribution < 1.29 is 14.0 Å². The van der Waals surface area contributed by atoms with Gasteiger partial charge in [-0.25, -0.2) is 9.18 Å². The molecule has 154 valence electrons. The van der Waals surface area contributed by atoms with Gasteiger partial charge in [-0.3, -0.25) is 4.79 Å². The summed E-state index contributed by atoms with van der Waals surface area (Å²) in [7, 11) is 0. The number of carbonyl (C=O) groups excluding carboxylic acids is 2. The molecule has 0 aliphatic carbocycles. The standard InChI is InChI=1S/C22H25ClFN3O2/c23-18-7-3-5-17(13-18)14-25-21(28)11-10-16-6-4-12-27(15-16)22(29)26-20-9-2-1-8-19(20)24/h1-3,5,7-9,13,16H,4,6,10-12,14-15H2,(H,25,28)(H,26,29)/t16-/m1/s1. The van der Waals surface area contributed by atoms with Crippen molar-refractivity contribution in [2.75, 3.05) is 18.4 Å². The van der Waals surface area contributed by atoms with E-state index < -0.39 is 5.82 Å². The van der Waals surface area contributed by atoms with Crippen molar-refractivity contribution in [2.24, 2.45) is 5.92 Å². The molecule has 1 saturated heterocycles. The number of nitrogens with one attached hydrogen (secondary N) is 2. The largest absolute Gasteiger partial charge is 0.352 e. The lowest BCUT2D eigenvalue weighted by atomic mass is 9.93. The summed E-state index contributed by atoms with van der Waals surface area (Å²) < 4.78 is 13.7. The Hall–Kier alpha value is -2.60. The van der Waals surface area contributed by atoms with E-state index >= 15 is 0 Å². The SMILES string of the molecule is O=C(CC[C@H]1CCCN(C(=O)Nc2ccccc2F)C1)NCc1cccc(Cl)c1. The average Bonchev–Trinajstić information content (AvgIpc) is 2.72. The zero-order valence-electron chi connectivity index (χ0n) is 16.2. The minimum Gasteiger partial charge on any atom is -0.352 e. The number of hydrogen-bond acceptors (Lipinski definition) is 2. The predicted molar refractivity (Wildman–Crippen MR) is 112 cm³/mol. The summed E-state index contributed by atoms with van der Waals surface area (Å²) in [6.07, 6.45) is 2.98. The van der Waals surface area contributed by atoms with Gasteiger partial charge in [0, 0.05) is 31.1 Å². The van der Waals surface area contributed by atoms with Crippen molar-refractivity contribution in [3.05, 3.63) is 64.9 Å². The number of amides is 3. The molecule has 0 radical (unpaired) electrons. The molecule has 2 aromatic carbocycles. The number of rotatable bonds is 6. The molecule has 3 rings (SSSR count). The Balaban J connectivity index is 1.42. The molecule has 3 amide bonds. The highest BCUT2D eigenvalue weighted by Gasteiger charge is 2.24. The van der Waals surface area contributed by atoms with Crippen LogP contribution in [0.4, 0.5) is 14.9 Å². The number of para-hydroxylation sites is 1. The molecule has 0 aromatic heterocycles. The van der Waals surface area contributed by atoms with Crippen molar-refractivity contribution >= 4 is 29.2 Å². The van der Waals surface area contributed by atoms with Crippen molar-refractivity contribution in [1.29, 1.82) is 0 Å². The van der Waals surface area contributed by atoms with Gasteiger partial charge in [-0.2, -0.15) is 0 Å². The van der Waals surface area contributed by atoms with E-state index in [-0.39, 0.29) is 23.5 Å². The number of piperidine rings is 1. The number of halogens is 2. The number of carbonyl (C=O) groups is 2. The van der Waals surface area contributed by atoms with E-state index in [1.54, 1.807) is 29.2 Å². The lowest BCUT2D eigenvalue weighted by molar-refractivity contribution is -0.121. The summed E-state index contributed by atoms with van der Waals surface area (Å²) in [5.41, 5.74) is 1.14. The van der Waals surface area contributed by atoms with Gasteiger partial charge in [-0.05, 0) is 55.0 Å². The van der Waals surface area contributed by atoms with Gasteiger partial charge in [0.15, 0.2) is 0 Å². The van der Waals surface area contributed by atoms with Crippen LogP contribution in [-0.2, 0) is 11.3 Å². The van der Waals surface area contributed by atoms with Gasteiger partial charge < -0.3 is 15.5 Å². The fourth-order valence-corrected chi connectivity index (χ4v) is 3.73. The first-order valence-electron chi connectivity index (χ1n) is 9.83. The number of hydrogen-bond donors (Lipinski definition) is 2. The van der Waals surface area contributed by atoms with Gasteiger partial charge in [0.1, 0.15) is 5.82 Å². The van der Waals surface area contributed by atoms with Crippen molar-refractivity contribution in [1.82, 2.24) is 10.2 Å². The van der Waals surface area contributed by atoms with Crippen LogP contribution in [0.5, 0.6) is 0 Å². The maximum atomic E-state index is 13.7. The molecule has 1 aliphatic rings. The number of benzene rings is 2. The van der Waals surface area contributed by atoms with Gasteiger partial charge in [0.2, 0.25) is 5.91 Å². The quantitative estimate of drug-likeness (QED) is 0.707. The van der Waals surface area contributed by atoms with Crippen LogP contribution in [0.1, 0.15) is 31.2 Å². The third-order valence-electron chi connectivity index (χ3n) is 5.08. The summed E-state index contributed by atoms with van der Waals surface area (Å²) in [6, 6.07) is 13.2. The molecule has 0 bridgehead atoms. The highest BCUT2D eigenvalue weighted by atomic mass is 35.5. The van der Waals surface area contributed by atoms with Gasteiger partial charge in [0.05, 0.1) is 5.69 Å². The number of anilines is 1. The minimum absolute atomic E-state index is 0.0158. The van der Waals surface area contributed by atoms with Gasteiger partial charge >= 0.3 is 6.03 Å². The van der Waals surface area contributed by atoms with Crippen LogP contribution < -0.4 is 10.6 Å². The van der Waals surface area contributed by atoms with Crippen molar-refractivity contribution in [3.63, 3.8) is 0 Å². The highest BCUT2D eigenvalue weighted by Crippen LogP contribution is 2.22. The zero-order valence-corrected chi connectivity index (χ0v) is 16.9. The molecule has 7 heteroatoms. The fourth-order valence-electron chi connectivity index (χ4n) is 3.51. The zero-order chi connectivity index (χ0) is 20.6. The second-order valence-corrected chi connectivity index (χ2v) is 7.75. The first-order chi connectivity index (χ1) is 14.0. The molecule has 1 atom stereocenters. The molecule has 2 aromatic rings. The Bertz CT molecular complexity index is 861. The normalized spacial score (nSPS) is 16.3. The van der Waals surface area contributed by atoms with Crippen LogP contribution >= 0.6 is 11.6 Å². The Morgan fingerprint density at radius 2 is 2.00 bits per heavy atom. The smallest absolute Gasteiger partial charge is 0.321 e. The molecule has 2 N–H and O–H groups in total. The van der Waals surface area contributed by atoms with Crippen LogP contribution in [0.25, 0.3) is 0 Å². The van der Waals surface area contributed by atoms with E-state index in [4.69, 9.17) is 11.6 Å². The molecule has 1 fully saturated rings. The van der Waals surface area contributed by atoms with Crippen LogP contribution in [0.2, 0.25) is 5.02 Å². The summed E-state index contributed by atoms with van der Waals surface area (Å²) in [5, 5.41) is 6.18. The lowest BCUT2D eigenvalue weighted by Crippen LogP contribution is -2.42. The minimum atomic E-state index is -0.453. The van der Waals surface area contributed by atoms with Gasteiger partial charge in [0.25, 0.3) is 0 Å². The molecular formula is C22H25ClFN3O2. The maximum Gasteiger partial charge on any atom is 0.321 e. The predicted octanol–water partition coefficient (Wildman–Crippen LogP) is 4.82. The third kappa shape index (κ3) is 6.46. The molecule has 0 spiro atoms. The van der Waals surface area contributed by atoms with E-state index in [0.29, 0.717) is 37.5 Å². The van der Waals surface area contributed by atoms with E-state index in [9.17, 15) is 14.0 Å². The molecule has 29 heavy (non-hydrogen) atoms. The maximum absolute atomic E-state index is 13.7. The fraction of sp³-hybridized carbons (Fsp3) is 0.364. The third-order valence-corrected chi connectivity index (χ3v) is 5.32. The Morgan fingerprint density at radius 3 is 2.79 bits per heavy atom. The Kier molecular flexibility index (Phi) is 7.47. The van der Waals surface area contributed by atoms with E-state index in [2.05, 4.69) is 10.6 Å². The number of likely N-dealkylation sites (tertiary alicyclic amines) is 1. The van der Waals surface area contributed by atoms with Crippen LogP contribution in [0, 0.1) is 11.7 Å². The second-order valence-electron chi connectivity index (χ2n) is 7.31. The van der Waals surface area contributed by atoms with Crippen molar-refractivity contribution in [3.8, 4) is 0 Å². The molecule has 0 saturated carbocycles. The molecule has 0 unspecified atom stereocenters. The Morgan fingerprint density at radius 1 is 1.17 bits per heavy atom. The van der Waals surface area contributed by atoms with E-state index in [1.807, 2.05) is 18.2 Å². The second kappa shape index (κ2) is 10.3. The van der Waals surface area contributed by atoms with Crippen molar-refractivity contribution in [2.45, 2.75) is 32.2 Å². The van der Waals surface area contributed by atoms with Crippen LogP contribution in [-0.4, -0.2) is 29.9 Å². The number of urea groups is 1. The number of nitrogens with zero attached hydrogens (tertiary/aromatic N) is 1. The van der Waals surface area contributed by atoms with E-state index in [0.717, 1.165) is 18.4 Å². The van der Waals surface area contributed by atoms with Gasteiger partial charge in [-0.15, -0.1) is 0 Å². The molecule has 5 nitrogen and oxygen atoms in total. The van der Waals surface area contributed by atoms with E-state index in [1.165, 1.54) is 6.07 Å². The molecule has 1 heterocycles. The first-order valence-corrected chi connectivity index (χ1v) is 10.2. The summed E-state index contributed by atoms with van der Waals surface area (Å²) in [6.45, 7) is 1.65. The lowest BCUT2D eigenvalue weighted by Gasteiger charge is -2.32. The molecule has 1 aliphatic heterocycles. The summed E-state index contributed by atoms with van der Waals surface area (Å²) in [4.78, 5) is 26.3. The highest BCUT2D eigenvalue weighted by molar-refractivity contribution is 6.30. The summed E-state index contributed by atoms with van der Waals surface area (Å²) in [5.74, 6) is -0.212. The van der Waals surface area contributed by atoms with Crippen LogP contribution in [0.3, 0.4) is 0 Å². The first kappa shape index (κ1) is 21.1. The summed E-state index contributed by atoms with van der Waals surface area (Å²) >= 11 is 5.95.